The molecular formula is C23H22ClFN4O2. The van der Waals surface area contributed by atoms with Gasteiger partial charge in [-0.15, -0.1) is 0 Å². The third-order valence-electron chi connectivity index (χ3n) is 5.61. The molecule has 1 atom stereocenters. The van der Waals surface area contributed by atoms with Gasteiger partial charge in [0.05, 0.1) is 29.5 Å². The van der Waals surface area contributed by atoms with Crippen LogP contribution in [0.5, 0.6) is 5.88 Å². The van der Waals surface area contributed by atoms with Gasteiger partial charge in [0.25, 0.3) is 0 Å². The molecule has 0 spiro atoms. The van der Waals surface area contributed by atoms with Gasteiger partial charge < -0.3 is 19.3 Å². The molecule has 0 radical (unpaired) electrons. The van der Waals surface area contributed by atoms with E-state index < -0.39 is 0 Å². The lowest BCUT2D eigenvalue weighted by Crippen LogP contribution is -2.31. The van der Waals surface area contributed by atoms with E-state index in [2.05, 4.69) is 14.9 Å². The molecule has 2 aromatic carbocycles. The molecule has 3 aromatic rings. The van der Waals surface area contributed by atoms with Crippen LogP contribution in [-0.2, 0) is 4.74 Å². The summed E-state index contributed by atoms with van der Waals surface area (Å²) in [6, 6.07) is 10.6. The van der Waals surface area contributed by atoms with Gasteiger partial charge in [-0.25, -0.2) is 14.4 Å². The topological polar surface area (TPSA) is 50.7 Å². The number of methoxy groups -OCH3 is 1. The molecule has 5 rings (SSSR count). The number of halogens is 2. The van der Waals surface area contributed by atoms with Crippen LogP contribution in [0.1, 0.15) is 24.6 Å². The van der Waals surface area contributed by atoms with Crippen LogP contribution in [0.3, 0.4) is 0 Å². The summed E-state index contributed by atoms with van der Waals surface area (Å²) in [5, 5.41) is 0.503. The Labute approximate surface area is 184 Å². The summed E-state index contributed by atoms with van der Waals surface area (Å²) in [7, 11) is 1.62. The number of aromatic nitrogens is 2. The number of nitrogens with zero attached hydrogens (tertiary/aromatic N) is 4. The molecule has 1 saturated heterocycles. The average molecular weight is 441 g/mol. The van der Waals surface area contributed by atoms with Crippen molar-refractivity contribution in [1.29, 1.82) is 0 Å². The van der Waals surface area contributed by atoms with Crippen LogP contribution >= 0.6 is 11.6 Å². The van der Waals surface area contributed by atoms with Crippen LogP contribution in [0, 0.1) is 5.82 Å². The first kappa shape index (κ1) is 20.0. The van der Waals surface area contributed by atoms with Gasteiger partial charge in [-0.05, 0) is 48.7 Å². The van der Waals surface area contributed by atoms with Gasteiger partial charge in [-0.3, -0.25) is 0 Å². The van der Waals surface area contributed by atoms with E-state index in [1.54, 1.807) is 25.4 Å². The van der Waals surface area contributed by atoms with E-state index in [0.29, 0.717) is 29.8 Å². The zero-order valence-corrected chi connectivity index (χ0v) is 17.8. The first-order valence-corrected chi connectivity index (χ1v) is 10.6. The summed E-state index contributed by atoms with van der Waals surface area (Å²) in [6.07, 6.45) is 5.53. The molecule has 8 heteroatoms. The van der Waals surface area contributed by atoms with E-state index in [9.17, 15) is 4.39 Å². The highest BCUT2D eigenvalue weighted by molar-refractivity contribution is 6.30. The molecule has 6 nitrogen and oxygen atoms in total. The smallest absolute Gasteiger partial charge is 0.232 e. The maximum atomic E-state index is 14.7. The molecule has 2 aliphatic rings. The summed E-state index contributed by atoms with van der Waals surface area (Å²) in [4.78, 5) is 13.3. The van der Waals surface area contributed by atoms with Crippen molar-refractivity contribution in [3.63, 3.8) is 0 Å². The molecule has 31 heavy (non-hydrogen) atoms. The molecule has 1 aromatic heterocycles. The van der Waals surface area contributed by atoms with Gasteiger partial charge in [0.2, 0.25) is 5.88 Å². The second-order valence-corrected chi connectivity index (χ2v) is 8.03. The zero-order chi connectivity index (χ0) is 21.4. The van der Waals surface area contributed by atoms with Crippen LogP contribution in [-0.4, -0.2) is 41.7 Å². The third kappa shape index (κ3) is 3.79. The molecule has 0 saturated carbocycles. The van der Waals surface area contributed by atoms with E-state index in [4.69, 9.17) is 21.1 Å². The minimum Gasteiger partial charge on any atom is -0.474 e. The van der Waals surface area contributed by atoms with Crippen molar-refractivity contribution in [2.45, 2.75) is 19.0 Å². The fourth-order valence-corrected chi connectivity index (χ4v) is 4.38. The molecule has 2 aliphatic heterocycles. The number of hydrogen-bond donors (Lipinski definition) is 0. The van der Waals surface area contributed by atoms with Crippen molar-refractivity contribution in [3.8, 4) is 5.88 Å². The summed E-state index contributed by atoms with van der Waals surface area (Å²) >= 11 is 6.19. The minimum atomic E-state index is -0.304. The highest BCUT2D eigenvalue weighted by Crippen LogP contribution is 2.44. The summed E-state index contributed by atoms with van der Waals surface area (Å²) in [5.41, 5.74) is 4.17. The van der Waals surface area contributed by atoms with Gasteiger partial charge in [0.1, 0.15) is 18.6 Å². The largest absolute Gasteiger partial charge is 0.474 e. The van der Waals surface area contributed by atoms with E-state index in [1.807, 2.05) is 29.3 Å². The lowest BCUT2D eigenvalue weighted by Gasteiger charge is -2.32. The molecular weight excluding hydrogens is 419 g/mol. The fraction of sp³-hybridized carbons (Fsp3) is 0.304. The van der Waals surface area contributed by atoms with Crippen LogP contribution in [0.25, 0.3) is 11.0 Å². The predicted molar refractivity (Wildman–Crippen MR) is 118 cm³/mol. The van der Waals surface area contributed by atoms with Crippen molar-refractivity contribution >= 4 is 28.3 Å². The van der Waals surface area contributed by atoms with E-state index in [0.717, 1.165) is 36.0 Å². The number of allylic oxidation sites excluding steroid dienone is 1. The number of anilines is 1. The van der Waals surface area contributed by atoms with Crippen molar-refractivity contribution in [2.24, 2.45) is 0 Å². The van der Waals surface area contributed by atoms with Crippen molar-refractivity contribution in [3.05, 3.63) is 70.9 Å². The Balaban J connectivity index is 1.53. The molecule has 0 amide bonds. The third-order valence-corrected chi connectivity index (χ3v) is 5.85. The van der Waals surface area contributed by atoms with Crippen LogP contribution in [0.4, 0.5) is 10.1 Å². The average Bonchev–Trinajstić information content (AvgIpc) is 3.36. The van der Waals surface area contributed by atoms with E-state index >= 15 is 0 Å². The van der Waals surface area contributed by atoms with Gasteiger partial charge in [-0.1, -0.05) is 17.7 Å². The number of rotatable bonds is 6. The zero-order valence-electron chi connectivity index (χ0n) is 17.1. The maximum absolute atomic E-state index is 14.7. The van der Waals surface area contributed by atoms with Gasteiger partial charge >= 0.3 is 0 Å². The van der Waals surface area contributed by atoms with Crippen molar-refractivity contribution in [1.82, 2.24) is 14.9 Å². The molecule has 0 bridgehead atoms. The predicted octanol–water partition coefficient (Wildman–Crippen LogP) is 4.90. The van der Waals surface area contributed by atoms with Crippen LogP contribution < -0.4 is 9.64 Å². The highest BCUT2D eigenvalue weighted by atomic mass is 35.5. The molecule has 0 aliphatic carbocycles. The number of benzene rings is 2. The normalized spacial score (nSPS) is 17.9. The quantitative estimate of drug-likeness (QED) is 0.508. The standard InChI is InChI=1S/C23H22ClFN4O2/c1-30-9-10-31-22-13-26-19-7-4-15(11-20(19)27-22)23-28-8-2-3-17(28)14-29(23)21-12-16(24)5-6-18(21)25/h4-7,11-14,23H,2-3,8-10H2,1H3. The number of ether oxygens (including phenoxy) is 2. The lowest BCUT2D eigenvalue weighted by molar-refractivity contribution is 0.143. The molecule has 0 N–H and O–H groups in total. The fourth-order valence-electron chi connectivity index (χ4n) is 4.21. The Bertz CT molecular complexity index is 1160. The van der Waals surface area contributed by atoms with E-state index in [-0.39, 0.29) is 12.0 Å². The van der Waals surface area contributed by atoms with E-state index in [1.165, 1.54) is 11.8 Å². The molecule has 3 heterocycles. The Morgan fingerprint density at radius 1 is 1.16 bits per heavy atom. The molecule has 1 fully saturated rings. The summed E-state index contributed by atoms with van der Waals surface area (Å²) in [5.74, 6) is 0.146. The Morgan fingerprint density at radius 3 is 2.94 bits per heavy atom. The second kappa shape index (κ2) is 8.32. The Morgan fingerprint density at radius 2 is 2.06 bits per heavy atom. The summed E-state index contributed by atoms with van der Waals surface area (Å²) < 4.78 is 25.4. The highest BCUT2D eigenvalue weighted by Gasteiger charge is 2.37. The number of fused-ring (bicyclic) bond motifs is 2. The van der Waals surface area contributed by atoms with Crippen LogP contribution in [0.15, 0.2) is 54.5 Å². The minimum absolute atomic E-state index is 0.172. The van der Waals surface area contributed by atoms with Crippen LogP contribution in [0.2, 0.25) is 5.02 Å². The maximum Gasteiger partial charge on any atom is 0.232 e. The van der Waals surface area contributed by atoms with Gasteiger partial charge in [-0.2, -0.15) is 0 Å². The first-order valence-electron chi connectivity index (χ1n) is 10.2. The Hall–Kier alpha value is -2.90. The second-order valence-electron chi connectivity index (χ2n) is 7.59. The van der Waals surface area contributed by atoms with Crippen molar-refractivity contribution in [2.75, 3.05) is 31.8 Å². The van der Waals surface area contributed by atoms with Crippen molar-refractivity contribution < 1.29 is 13.9 Å². The summed E-state index contributed by atoms with van der Waals surface area (Å²) in [6.45, 7) is 1.80. The molecule has 1 unspecified atom stereocenters. The molecule has 160 valence electrons. The lowest BCUT2D eigenvalue weighted by atomic mass is 10.1. The first-order chi connectivity index (χ1) is 15.1. The Kier molecular flexibility index (Phi) is 5.38. The monoisotopic (exact) mass is 440 g/mol. The van der Waals surface area contributed by atoms with Gasteiger partial charge in [0, 0.05) is 30.6 Å². The SMILES string of the molecule is COCCOc1cnc2ccc(C3N4CCCC4=CN3c3cc(Cl)ccc3F)cc2n1. The number of hydrogen-bond acceptors (Lipinski definition) is 6. The van der Waals surface area contributed by atoms with Gasteiger partial charge in [0.15, 0.2) is 0 Å².